The first-order chi connectivity index (χ1) is 13.1. The smallest absolute Gasteiger partial charge is 0.387 e. The summed E-state index contributed by atoms with van der Waals surface area (Å²) in [5.74, 6) is 1.48. The molecule has 0 spiro atoms. The summed E-state index contributed by atoms with van der Waals surface area (Å²) in [7, 11) is 2.99. The number of hydrogen-bond donors (Lipinski definition) is 0. The molecule has 7 nitrogen and oxygen atoms in total. The van der Waals surface area contributed by atoms with Crippen molar-refractivity contribution in [3.05, 3.63) is 48.0 Å². The minimum atomic E-state index is -2.91. The van der Waals surface area contributed by atoms with Gasteiger partial charge in [-0.1, -0.05) is 17.8 Å². The van der Waals surface area contributed by atoms with Gasteiger partial charge in [-0.05, 0) is 52.4 Å². The number of alkyl halides is 2. The van der Waals surface area contributed by atoms with Gasteiger partial charge in [0.05, 0.1) is 19.9 Å². The average Bonchev–Trinajstić information content (AvgIpc) is 3.15. The Hall–Kier alpha value is -2.88. The van der Waals surface area contributed by atoms with Crippen LogP contribution in [0.2, 0.25) is 0 Å². The Bertz CT molecular complexity index is 890. The van der Waals surface area contributed by atoms with E-state index >= 15 is 0 Å². The number of ether oxygens (including phenoxy) is 3. The van der Waals surface area contributed by atoms with Gasteiger partial charge in [0.15, 0.2) is 11.5 Å². The summed E-state index contributed by atoms with van der Waals surface area (Å²) < 4.78 is 41.1. The summed E-state index contributed by atoms with van der Waals surface area (Å²) in [4.78, 5) is 0. The lowest BCUT2D eigenvalue weighted by Crippen LogP contribution is -2.03. The number of benzene rings is 2. The summed E-state index contributed by atoms with van der Waals surface area (Å²) >= 11 is 1.40. The van der Waals surface area contributed by atoms with Crippen molar-refractivity contribution in [3.8, 4) is 22.9 Å². The van der Waals surface area contributed by atoms with Gasteiger partial charge in [0, 0.05) is 5.75 Å². The number of rotatable bonds is 8. The van der Waals surface area contributed by atoms with Crippen LogP contribution in [0.5, 0.6) is 17.2 Å². The lowest BCUT2D eigenvalue weighted by Gasteiger charge is -2.11. The highest BCUT2D eigenvalue weighted by molar-refractivity contribution is 7.98. The highest BCUT2D eigenvalue weighted by atomic mass is 32.2. The molecule has 3 rings (SSSR count). The molecule has 1 heterocycles. The highest BCUT2D eigenvalue weighted by Crippen LogP contribution is 2.32. The van der Waals surface area contributed by atoms with Gasteiger partial charge in [-0.2, -0.15) is 13.5 Å². The summed E-state index contributed by atoms with van der Waals surface area (Å²) in [6.45, 7) is -2.91. The second-order valence-electron chi connectivity index (χ2n) is 5.22. The number of aromatic nitrogens is 4. The van der Waals surface area contributed by atoms with E-state index in [1.54, 1.807) is 23.9 Å². The van der Waals surface area contributed by atoms with Crippen LogP contribution in [0, 0.1) is 0 Å². The molecule has 0 aliphatic rings. The summed E-state index contributed by atoms with van der Waals surface area (Å²) in [6, 6.07) is 12.1. The van der Waals surface area contributed by atoms with Crippen molar-refractivity contribution in [3.63, 3.8) is 0 Å². The first kappa shape index (κ1) is 18.9. The van der Waals surface area contributed by atoms with Gasteiger partial charge in [-0.15, -0.1) is 5.10 Å². The van der Waals surface area contributed by atoms with Gasteiger partial charge in [-0.3, -0.25) is 0 Å². The third kappa shape index (κ3) is 4.64. The first-order valence-corrected chi connectivity index (χ1v) is 8.76. The van der Waals surface area contributed by atoms with Crippen LogP contribution in [0.1, 0.15) is 5.56 Å². The van der Waals surface area contributed by atoms with Crippen molar-refractivity contribution in [1.29, 1.82) is 0 Å². The molecule has 0 radical (unpaired) electrons. The van der Waals surface area contributed by atoms with Crippen LogP contribution in [-0.4, -0.2) is 41.0 Å². The fraction of sp³-hybridized carbons (Fsp3) is 0.235. The Morgan fingerprint density at radius 1 is 1.04 bits per heavy atom. The van der Waals surface area contributed by atoms with E-state index in [2.05, 4.69) is 20.3 Å². The molecule has 0 N–H and O–H groups in total. The number of tetrazole rings is 1. The third-order valence-electron chi connectivity index (χ3n) is 3.57. The number of methoxy groups -OCH3 is 2. The quantitative estimate of drug-likeness (QED) is 0.541. The first-order valence-electron chi connectivity index (χ1n) is 7.78. The van der Waals surface area contributed by atoms with Gasteiger partial charge < -0.3 is 14.2 Å². The van der Waals surface area contributed by atoms with Crippen molar-refractivity contribution in [2.24, 2.45) is 0 Å². The molecule has 0 aliphatic carbocycles. The molecular formula is C17H16F2N4O3S. The molecule has 27 heavy (non-hydrogen) atoms. The molecule has 0 fully saturated rings. The van der Waals surface area contributed by atoms with E-state index in [0.29, 0.717) is 10.9 Å². The van der Waals surface area contributed by atoms with E-state index in [1.807, 2.05) is 24.3 Å². The summed E-state index contributed by atoms with van der Waals surface area (Å²) in [5, 5.41) is 12.3. The zero-order chi connectivity index (χ0) is 19.2. The maximum atomic E-state index is 12.4. The second kappa shape index (κ2) is 8.67. The van der Waals surface area contributed by atoms with Crippen LogP contribution in [0.15, 0.2) is 47.6 Å². The number of halogens is 2. The SMILES string of the molecule is COc1ccc(-n2nnnc2SCc2ccc(OC(F)F)c(OC)c2)cc1. The third-order valence-corrected chi connectivity index (χ3v) is 4.56. The van der Waals surface area contributed by atoms with Crippen LogP contribution < -0.4 is 14.2 Å². The van der Waals surface area contributed by atoms with Crippen LogP contribution in [0.4, 0.5) is 8.78 Å². The number of thioether (sulfide) groups is 1. The van der Waals surface area contributed by atoms with Crippen molar-refractivity contribution in [1.82, 2.24) is 20.2 Å². The van der Waals surface area contributed by atoms with Crippen molar-refractivity contribution < 1.29 is 23.0 Å². The molecule has 0 saturated heterocycles. The average molecular weight is 394 g/mol. The minimum Gasteiger partial charge on any atom is -0.497 e. The monoisotopic (exact) mass is 394 g/mol. The Morgan fingerprint density at radius 3 is 2.48 bits per heavy atom. The van der Waals surface area contributed by atoms with Crippen LogP contribution in [0.3, 0.4) is 0 Å². The Labute approximate surface area is 158 Å². The highest BCUT2D eigenvalue weighted by Gasteiger charge is 2.13. The molecule has 1 aromatic heterocycles. The van der Waals surface area contributed by atoms with E-state index < -0.39 is 6.61 Å². The zero-order valence-electron chi connectivity index (χ0n) is 14.5. The lowest BCUT2D eigenvalue weighted by molar-refractivity contribution is -0.0512. The molecule has 10 heteroatoms. The van der Waals surface area contributed by atoms with E-state index in [0.717, 1.165) is 17.0 Å². The predicted molar refractivity (Wildman–Crippen MR) is 94.9 cm³/mol. The van der Waals surface area contributed by atoms with Gasteiger partial charge in [0.1, 0.15) is 5.75 Å². The largest absolute Gasteiger partial charge is 0.497 e. The molecule has 0 atom stereocenters. The van der Waals surface area contributed by atoms with Gasteiger partial charge in [-0.25, -0.2) is 0 Å². The van der Waals surface area contributed by atoms with E-state index in [1.165, 1.54) is 24.9 Å². The fourth-order valence-electron chi connectivity index (χ4n) is 2.30. The van der Waals surface area contributed by atoms with Crippen molar-refractivity contribution in [2.45, 2.75) is 17.5 Å². The molecule has 0 aliphatic heterocycles. The van der Waals surface area contributed by atoms with Crippen LogP contribution in [0.25, 0.3) is 5.69 Å². The molecule has 0 saturated carbocycles. The van der Waals surface area contributed by atoms with Crippen LogP contribution >= 0.6 is 11.8 Å². The topological polar surface area (TPSA) is 71.3 Å². The number of hydrogen-bond acceptors (Lipinski definition) is 7. The van der Waals surface area contributed by atoms with Gasteiger partial charge in [0.2, 0.25) is 5.16 Å². The molecule has 0 unspecified atom stereocenters. The Balaban J connectivity index is 1.73. The standard InChI is InChI=1S/C17H16F2N4O3S/c1-24-13-6-4-12(5-7-13)23-17(20-21-22-23)27-10-11-3-8-14(26-16(18)19)15(9-11)25-2/h3-9,16H,10H2,1-2H3. The predicted octanol–water partition coefficient (Wildman–Crippen LogP) is 3.57. The summed E-state index contributed by atoms with van der Waals surface area (Å²) in [5.41, 5.74) is 1.64. The van der Waals surface area contributed by atoms with Gasteiger partial charge in [0.25, 0.3) is 0 Å². The molecule has 2 aromatic carbocycles. The molecule has 3 aromatic rings. The van der Waals surface area contributed by atoms with Gasteiger partial charge >= 0.3 is 6.61 Å². The maximum absolute atomic E-state index is 12.4. The molecule has 0 bridgehead atoms. The van der Waals surface area contributed by atoms with E-state index in [4.69, 9.17) is 9.47 Å². The fourth-order valence-corrected chi connectivity index (χ4v) is 3.13. The van der Waals surface area contributed by atoms with E-state index in [-0.39, 0.29) is 11.5 Å². The maximum Gasteiger partial charge on any atom is 0.387 e. The minimum absolute atomic E-state index is 0.00989. The van der Waals surface area contributed by atoms with E-state index in [9.17, 15) is 8.78 Å². The molecule has 0 amide bonds. The lowest BCUT2D eigenvalue weighted by atomic mass is 10.2. The number of nitrogens with zero attached hydrogens (tertiary/aromatic N) is 4. The molecular weight excluding hydrogens is 378 g/mol. The summed E-state index contributed by atoms with van der Waals surface area (Å²) in [6.07, 6.45) is 0. The van der Waals surface area contributed by atoms with Crippen LogP contribution in [-0.2, 0) is 5.75 Å². The van der Waals surface area contributed by atoms with Crippen molar-refractivity contribution in [2.75, 3.05) is 14.2 Å². The zero-order valence-corrected chi connectivity index (χ0v) is 15.3. The Morgan fingerprint density at radius 2 is 1.81 bits per heavy atom. The second-order valence-corrected chi connectivity index (χ2v) is 6.17. The molecule has 142 valence electrons. The van der Waals surface area contributed by atoms with Crippen molar-refractivity contribution >= 4 is 11.8 Å². The Kier molecular flexibility index (Phi) is 6.07. The normalized spacial score (nSPS) is 10.9.